The number of nitrogens with zero attached hydrogens (tertiary/aromatic N) is 2. The van der Waals surface area contributed by atoms with Crippen molar-refractivity contribution in [3.05, 3.63) is 5.89 Å². The van der Waals surface area contributed by atoms with Gasteiger partial charge in [0.1, 0.15) is 0 Å². The molecule has 3 nitrogen and oxygen atoms in total. The fourth-order valence-electron chi connectivity index (χ4n) is 1.57. The molecule has 0 bridgehead atoms. The van der Waals surface area contributed by atoms with Crippen LogP contribution in [0.2, 0.25) is 0 Å². The summed E-state index contributed by atoms with van der Waals surface area (Å²) in [4.78, 5) is 4.27. The van der Waals surface area contributed by atoms with Gasteiger partial charge < -0.3 is 4.52 Å². The molecule has 0 aromatic carbocycles. The first-order valence-electron chi connectivity index (χ1n) is 4.17. The Morgan fingerprint density at radius 1 is 1.50 bits per heavy atom. The van der Waals surface area contributed by atoms with Gasteiger partial charge in [-0.15, -0.1) is 0 Å². The molecule has 1 aliphatic rings. The highest BCUT2D eigenvalue weighted by Gasteiger charge is 2.31. The highest BCUT2D eigenvalue weighted by molar-refractivity contribution is 7.98. The van der Waals surface area contributed by atoms with Crippen molar-refractivity contribution in [2.45, 2.75) is 30.8 Å². The Labute approximate surface area is 75.9 Å². The van der Waals surface area contributed by atoms with E-state index in [0.29, 0.717) is 5.92 Å². The highest BCUT2D eigenvalue weighted by atomic mass is 32.2. The second-order valence-electron chi connectivity index (χ2n) is 3.39. The van der Waals surface area contributed by atoms with Crippen LogP contribution < -0.4 is 0 Å². The van der Waals surface area contributed by atoms with E-state index in [1.165, 1.54) is 24.6 Å². The first kappa shape index (κ1) is 8.10. The fourth-order valence-corrected chi connectivity index (χ4v) is 1.87. The van der Waals surface area contributed by atoms with Gasteiger partial charge in [0.2, 0.25) is 11.0 Å². The van der Waals surface area contributed by atoms with Crippen LogP contribution >= 0.6 is 11.8 Å². The standard InChI is InChI=1S/C8H12N2OS/c1-5-3-6(4-5)7-9-8(12-2)10-11-7/h5-6H,3-4H2,1-2H3. The van der Waals surface area contributed by atoms with Crippen LogP contribution in [0.15, 0.2) is 9.68 Å². The van der Waals surface area contributed by atoms with Crippen molar-refractivity contribution in [2.24, 2.45) is 5.92 Å². The molecule has 12 heavy (non-hydrogen) atoms. The molecular formula is C8H12N2OS. The lowest BCUT2D eigenvalue weighted by atomic mass is 9.76. The number of hydrogen-bond donors (Lipinski definition) is 0. The molecule has 0 atom stereocenters. The zero-order valence-corrected chi connectivity index (χ0v) is 8.10. The molecule has 1 saturated carbocycles. The third kappa shape index (κ3) is 1.35. The van der Waals surface area contributed by atoms with Crippen molar-refractivity contribution in [1.82, 2.24) is 10.1 Å². The summed E-state index contributed by atoms with van der Waals surface area (Å²) in [6.45, 7) is 2.25. The molecule has 1 fully saturated rings. The predicted molar refractivity (Wildman–Crippen MR) is 47.2 cm³/mol. The highest BCUT2D eigenvalue weighted by Crippen LogP contribution is 2.40. The van der Waals surface area contributed by atoms with Crippen molar-refractivity contribution in [2.75, 3.05) is 6.26 Å². The van der Waals surface area contributed by atoms with E-state index in [9.17, 15) is 0 Å². The summed E-state index contributed by atoms with van der Waals surface area (Å²) >= 11 is 1.53. The lowest BCUT2D eigenvalue weighted by Crippen LogP contribution is -2.19. The molecule has 66 valence electrons. The Hall–Kier alpha value is -0.510. The molecule has 0 N–H and O–H groups in total. The molecule has 0 spiro atoms. The average molecular weight is 184 g/mol. The first-order valence-corrected chi connectivity index (χ1v) is 5.39. The van der Waals surface area contributed by atoms with Crippen molar-refractivity contribution in [1.29, 1.82) is 0 Å². The van der Waals surface area contributed by atoms with Gasteiger partial charge in [-0.3, -0.25) is 0 Å². The van der Waals surface area contributed by atoms with Crippen LogP contribution in [0.5, 0.6) is 0 Å². The Morgan fingerprint density at radius 2 is 2.25 bits per heavy atom. The largest absolute Gasteiger partial charge is 0.338 e. The normalized spacial score (nSPS) is 28.5. The Morgan fingerprint density at radius 3 is 2.75 bits per heavy atom. The Bertz CT molecular complexity index is 268. The second kappa shape index (κ2) is 3.09. The molecule has 2 rings (SSSR count). The molecule has 1 heterocycles. The van der Waals surface area contributed by atoms with Crippen LogP contribution in [0.1, 0.15) is 31.6 Å². The summed E-state index contributed by atoms with van der Waals surface area (Å²) in [5.74, 6) is 2.20. The fraction of sp³-hybridized carbons (Fsp3) is 0.750. The molecule has 1 aromatic heterocycles. The van der Waals surface area contributed by atoms with Gasteiger partial charge in [-0.05, 0) is 25.0 Å². The Balaban J connectivity index is 2.04. The van der Waals surface area contributed by atoms with Crippen LogP contribution in [0.3, 0.4) is 0 Å². The van der Waals surface area contributed by atoms with Crippen LogP contribution in [0.25, 0.3) is 0 Å². The first-order chi connectivity index (χ1) is 5.79. The SMILES string of the molecule is CSc1noc(C2CC(C)C2)n1. The monoisotopic (exact) mass is 184 g/mol. The molecular weight excluding hydrogens is 172 g/mol. The van der Waals surface area contributed by atoms with Gasteiger partial charge in [0, 0.05) is 5.92 Å². The number of hydrogen-bond acceptors (Lipinski definition) is 4. The smallest absolute Gasteiger partial charge is 0.230 e. The minimum Gasteiger partial charge on any atom is -0.338 e. The molecule has 0 saturated heterocycles. The van der Waals surface area contributed by atoms with Gasteiger partial charge in [0.15, 0.2) is 0 Å². The third-order valence-electron chi connectivity index (χ3n) is 2.33. The Kier molecular flexibility index (Phi) is 2.09. The molecule has 0 aliphatic heterocycles. The molecule has 0 radical (unpaired) electrons. The van der Waals surface area contributed by atoms with Gasteiger partial charge in [0.05, 0.1) is 0 Å². The molecule has 0 amide bonds. The van der Waals surface area contributed by atoms with Crippen LogP contribution in [0, 0.1) is 5.92 Å². The van der Waals surface area contributed by atoms with Crippen LogP contribution in [-0.2, 0) is 0 Å². The summed E-state index contributed by atoms with van der Waals surface area (Å²) in [5, 5.41) is 4.59. The number of thioether (sulfide) groups is 1. The van der Waals surface area contributed by atoms with E-state index in [1.54, 1.807) is 0 Å². The van der Waals surface area contributed by atoms with Gasteiger partial charge in [-0.25, -0.2) is 0 Å². The maximum absolute atomic E-state index is 5.13. The maximum atomic E-state index is 5.13. The predicted octanol–water partition coefficient (Wildman–Crippen LogP) is 2.30. The van der Waals surface area contributed by atoms with E-state index in [2.05, 4.69) is 17.1 Å². The van der Waals surface area contributed by atoms with Crippen LogP contribution in [0.4, 0.5) is 0 Å². The topological polar surface area (TPSA) is 38.9 Å². The summed E-state index contributed by atoms with van der Waals surface area (Å²) < 4.78 is 5.13. The van der Waals surface area contributed by atoms with E-state index >= 15 is 0 Å². The quantitative estimate of drug-likeness (QED) is 0.661. The second-order valence-corrected chi connectivity index (χ2v) is 4.17. The summed E-state index contributed by atoms with van der Waals surface area (Å²) in [7, 11) is 0. The molecule has 4 heteroatoms. The summed E-state index contributed by atoms with van der Waals surface area (Å²) in [6, 6.07) is 0. The van der Waals surface area contributed by atoms with E-state index in [1.807, 2.05) is 6.26 Å². The van der Waals surface area contributed by atoms with E-state index < -0.39 is 0 Å². The lowest BCUT2D eigenvalue weighted by molar-refractivity contribution is 0.226. The van der Waals surface area contributed by atoms with Crippen molar-refractivity contribution >= 4 is 11.8 Å². The summed E-state index contributed by atoms with van der Waals surface area (Å²) in [6.07, 6.45) is 4.37. The maximum Gasteiger partial charge on any atom is 0.230 e. The minimum absolute atomic E-state index is 0.536. The molecule has 1 aromatic rings. The molecule has 1 aliphatic carbocycles. The van der Waals surface area contributed by atoms with Gasteiger partial charge in [-0.2, -0.15) is 4.98 Å². The van der Waals surface area contributed by atoms with Gasteiger partial charge in [0.25, 0.3) is 0 Å². The summed E-state index contributed by atoms with van der Waals surface area (Å²) in [5.41, 5.74) is 0. The number of rotatable bonds is 2. The number of aromatic nitrogens is 2. The minimum atomic E-state index is 0.536. The van der Waals surface area contributed by atoms with E-state index in [0.717, 1.165) is 17.0 Å². The van der Waals surface area contributed by atoms with Gasteiger partial charge in [-0.1, -0.05) is 23.8 Å². The van der Waals surface area contributed by atoms with Crippen LogP contribution in [-0.4, -0.2) is 16.4 Å². The van der Waals surface area contributed by atoms with Crippen molar-refractivity contribution < 1.29 is 4.52 Å². The van der Waals surface area contributed by atoms with E-state index in [4.69, 9.17) is 4.52 Å². The zero-order valence-electron chi connectivity index (χ0n) is 7.28. The van der Waals surface area contributed by atoms with Crippen molar-refractivity contribution in [3.63, 3.8) is 0 Å². The average Bonchev–Trinajstić information content (AvgIpc) is 2.46. The zero-order chi connectivity index (χ0) is 8.55. The molecule has 0 unspecified atom stereocenters. The third-order valence-corrected chi connectivity index (χ3v) is 2.86. The van der Waals surface area contributed by atoms with Crippen molar-refractivity contribution in [3.8, 4) is 0 Å². The van der Waals surface area contributed by atoms with E-state index in [-0.39, 0.29) is 0 Å². The lowest BCUT2D eigenvalue weighted by Gasteiger charge is -2.29. The van der Waals surface area contributed by atoms with Gasteiger partial charge >= 0.3 is 0 Å².